The van der Waals surface area contributed by atoms with Gasteiger partial charge in [0.15, 0.2) is 0 Å². The molecule has 0 spiro atoms. The number of hydrogen-bond acceptors (Lipinski definition) is 6. The van der Waals surface area contributed by atoms with Crippen molar-refractivity contribution < 1.29 is 45.2 Å². The first kappa shape index (κ1) is 27.6. The van der Waals surface area contributed by atoms with Crippen LogP contribution in [-0.4, -0.2) is 66.5 Å². The zero-order valence-electron chi connectivity index (χ0n) is 19.9. The molecule has 35 heavy (non-hydrogen) atoms. The minimum absolute atomic E-state index is 0.235. The van der Waals surface area contributed by atoms with Gasteiger partial charge in [-0.25, -0.2) is 0 Å². The van der Waals surface area contributed by atoms with E-state index in [-0.39, 0.29) is 11.8 Å². The van der Waals surface area contributed by atoms with Crippen LogP contribution in [0.5, 0.6) is 5.75 Å². The molecule has 1 aromatic carbocycles. The maximum absolute atomic E-state index is 13.3. The number of carbonyl (C=O) groups excluding carboxylic acids is 2. The third-order valence-electron chi connectivity index (χ3n) is 7.12. The molecule has 0 aliphatic heterocycles. The van der Waals surface area contributed by atoms with Crippen molar-refractivity contribution in [2.45, 2.75) is 50.5 Å². The highest BCUT2D eigenvalue weighted by Gasteiger charge is 2.57. The Labute approximate surface area is 205 Å². The van der Waals surface area contributed by atoms with Gasteiger partial charge in [0.25, 0.3) is 10.1 Å². The van der Waals surface area contributed by atoms with Gasteiger partial charge in [0.1, 0.15) is 35.0 Å². The largest absolute Gasteiger partial charge is 0.451 e. The maximum atomic E-state index is 13.3. The Morgan fingerprint density at radius 3 is 1.94 bits per heavy atom. The van der Waals surface area contributed by atoms with Gasteiger partial charge in [-0.15, -0.1) is 0 Å². The second-order valence-corrected chi connectivity index (χ2v) is 10.8. The smallest absolute Gasteiger partial charge is 0.426 e. The van der Waals surface area contributed by atoms with E-state index in [0.29, 0.717) is 37.7 Å². The molecule has 0 radical (unpaired) electrons. The molecule has 3 rings (SSSR count). The van der Waals surface area contributed by atoms with Crippen molar-refractivity contribution in [1.29, 1.82) is 0 Å². The molecule has 5 atom stereocenters. The standard InChI is InChI=1S/C21H28B3F3O7S/c22-6-10-3-13(7-23)18(14(4-10)8-24)34-20(29)17-12-2-1-11(5-12)16(17)19(28)33-15(21(25,26)27)9-35(30,31)32/h3-4,11-12,15-17H,1-2,5-9,22-24H2,(H,30,31,32). The minimum Gasteiger partial charge on any atom is -0.451 e. The molecule has 1 aromatic rings. The van der Waals surface area contributed by atoms with E-state index in [1.807, 2.05) is 35.7 Å². The summed E-state index contributed by atoms with van der Waals surface area (Å²) in [7, 11) is 0.802. The summed E-state index contributed by atoms with van der Waals surface area (Å²) in [5.41, 5.74) is 2.76. The Balaban J connectivity index is 1.87. The molecule has 1 N–H and O–H groups in total. The highest BCUT2D eigenvalue weighted by molar-refractivity contribution is 7.85. The Morgan fingerprint density at radius 2 is 1.51 bits per heavy atom. The summed E-state index contributed by atoms with van der Waals surface area (Å²) in [6.45, 7) is 0. The van der Waals surface area contributed by atoms with Crippen LogP contribution in [0.2, 0.25) is 0 Å². The number of benzene rings is 1. The molecule has 14 heteroatoms. The molecule has 2 aliphatic carbocycles. The number of halogens is 3. The van der Waals surface area contributed by atoms with Crippen molar-refractivity contribution >= 4 is 45.6 Å². The number of alkyl halides is 3. The van der Waals surface area contributed by atoms with Crippen molar-refractivity contribution in [1.82, 2.24) is 0 Å². The zero-order chi connectivity index (χ0) is 26.1. The average molecular weight is 514 g/mol. The Kier molecular flexibility index (Phi) is 8.35. The average Bonchev–Trinajstić information content (AvgIpc) is 3.38. The highest BCUT2D eigenvalue weighted by Crippen LogP contribution is 2.53. The molecular weight excluding hydrogens is 486 g/mol. The van der Waals surface area contributed by atoms with Gasteiger partial charge >= 0.3 is 18.1 Å². The molecule has 0 amide bonds. The molecule has 2 fully saturated rings. The number of esters is 2. The summed E-state index contributed by atoms with van der Waals surface area (Å²) in [4.78, 5) is 26.2. The van der Waals surface area contributed by atoms with Crippen LogP contribution in [0.4, 0.5) is 13.2 Å². The fourth-order valence-corrected chi connectivity index (χ4v) is 6.07. The van der Waals surface area contributed by atoms with Crippen LogP contribution in [-0.2, 0) is 43.4 Å². The molecule has 190 valence electrons. The van der Waals surface area contributed by atoms with Gasteiger partial charge in [-0.3, -0.25) is 14.1 Å². The molecule has 5 unspecified atom stereocenters. The quantitative estimate of drug-likeness (QED) is 0.215. The third kappa shape index (κ3) is 6.25. The SMILES string of the molecule is BCc1cc(CB)c(OC(=O)C2C3CCC(C3)C2C(=O)OC(CS(=O)(=O)O)C(F)(F)F)c(CB)c1. The van der Waals surface area contributed by atoms with Crippen LogP contribution in [0.1, 0.15) is 36.0 Å². The molecule has 2 bridgehead atoms. The molecular formula is C21H28B3F3O7S. The van der Waals surface area contributed by atoms with E-state index >= 15 is 0 Å². The summed E-state index contributed by atoms with van der Waals surface area (Å²) in [6, 6.07) is 3.91. The van der Waals surface area contributed by atoms with Crippen molar-refractivity contribution in [3.63, 3.8) is 0 Å². The lowest BCUT2D eigenvalue weighted by atomic mass is 9.79. The lowest BCUT2D eigenvalue weighted by Gasteiger charge is -2.30. The van der Waals surface area contributed by atoms with E-state index in [1.165, 1.54) is 0 Å². The van der Waals surface area contributed by atoms with E-state index in [0.717, 1.165) is 23.0 Å². The highest BCUT2D eigenvalue weighted by atomic mass is 32.2. The van der Waals surface area contributed by atoms with E-state index in [2.05, 4.69) is 4.74 Å². The van der Waals surface area contributed by atoms with Crippen LogP contribution < -0.4 is 4.74 Å². The van der Waals surface area contributed by atoms with Gasteiger partial charge in [-0.05, 0) is 42.2 Å². The van der Waals surface area contributed by atoms with Crippen LogP contribution in [0.15, 0.2) is 12.1 Å². The lowest BCUT2D eigenvalue weighted by molar-refractivity contribution is -0.219. The fourth-order valence-electron chi connectivity index (χ4n) is 5.43. The van der Waals surface area contributed by atoms with Gasteiger partial charge in [0.05, 0.1) is 11.8 Å². The Morgan fingerprint density at radius 1 is 1.00 bits per heavy atom. The molecule has 2 saturated carbocycles. The maximum Gasteiger partial charge on any atom is 0.426 e. The summed E-state index contributed by atoms with van der Waals surface area (Å²) in [5.74, 6) is -6.11. The van der Waals surface area contributed by atoms with Gasteiger partial charge in [-0.1, -0.05) is 36.7 Å². The first-order chi connectivity index (χ1) is 16.3. The normalized spacial score (nSPS) is 24.8. The third-order valence-corrected chi connectivity index (χ3v) is 7.85. The van der Waals surface area contributed by atoms with Gasteiger partial charge in [-0.2, -0.15) is 21.6 Å². The van der Waals surface area contributed by atoms with E-state index < -0.39 is 51.9 Å². The lowest BCUT2D eigenvalue weighted by Crippen LogP contribution is -2.44. The Hall–Kier alpha value is -1.95. The monoisotopic (exact) mass is 514 g/mol. The molecule has 2 aliphatic rings. The number of hydrogen-bond donors (Lipinski definition) is 1. The van der Waals surface area contributed by atoms with Crippen molar-refractivity contribution in [2.75, 3.05) is 5.75 Å². The second kappa shape index (κ2) is 10.6. The van der Waals surface area contributed by atoms with Crippen LogP contribution in [0, 0.1) is 23.7 Å². The summed E-state index contributed by atoms with van der Waals surface area (Å²) < 4.78 is 81.3. The van der Waals surface area contributed by atoms with Crippen molar-refractivity contribution in [3.05, 3.63) is 28.8 Å². The van der Waals surface area contributed by atoms with Crippen LogP contribution in [0.3, 0.4) is 0 Å². The summed E-state index contributed by atoms with van der Waals surface area (Å²) in [5, 5.41) is 0. The molecule has 0 saturated heterocycles. The second-order valence-electron chi connectivity index (χ2n) is 9.33. The van der Waals surface area contributed by atoms with Gasteiger partial charge in [0, 0.05) is 0 Å². The number of fused-ring (bicyclic) bond motifs is 2. The van der Waals surface area contributed by atoms with E-state index in [9.17, 15) is 31.2 Å². The molecule has 0 aromatic heterocycles. The van der Waals surface area contributed by atoms with Crippen LogP contribution >= 0.6 is 0 Å². The first-order valence-corrected chi connectivity index (χ1v) is 13.5. The fraction of sp³-hybridized carbons (Fsp3) is 0.619. The van der Waals surface area contributed by atoms with E-state index in [4.69, 9.17) is 9.29 Å². The molecule has 7 nitrogen and oxygen atoms in total. The minimum atomic E-state index is -5.20. The van der Waals surface area contributed by atoms with Crippen LogP contribution in [0.25, 0.3) is 0 Å². The predicted octanol–water partition coefficient (Wildman–Crippen LogP) is 0.0155. The van der Waals surface area contributed by atoms with Gasteiger partial charge < -0.3 is 9.47 Å². The van der Waals surface area contributed by atoms with Crippen molar-refractivity contribution in [3.8, 4) is 5.75 Å². The summed E-state index contributed by atoms with van der Waals surface area (Å²) >= 11 is 0. The number of ether oxygens (including phenoxy) is 2. The molecule has 0 heterocycles. The predicted molar refractivity (Wildman–Crippen MR) is 129 cm³/mol. The Bertz CT molecular complexity index is 1060. The number of carbonyl (C=O) groups is 2. The van der Waals surface area contributed by atoms with E-state index in [1.54, 1.807) is 0 Å². The zero-order valence-corrected chi connectivity index (χ0v) is 20.7. The topological polar surface area (TPSA) is 107 Å². The van der Waals surface area contributed by atoms with Gasteiger partial charge in [0.2, 0.25) is 6.10 Å². The summed E-state index contributed by atoms with van der Waals surface area (Å²) in [6.07, 6.45) is -4.55. The first-order valence-electron chi connectivity index (χ1n) is 11.9. The number of rotatable bonds is 9. The van der Waals surface area contributed by atoms with Crippen molar-refractivity contribution in [2.24, 2.45) is 23.7 Å².